The molecule has 1 aromatic carbocycles. The molecule has 0 atom stereocenters. The highest BCUT2D eigenvalue weighted by atomic mass is 16.5. The third-order valence-electron chi connectivity index (χ3n) is 3.29. The lowest BCUT2D eigenvalue weighted by atomic mass is 10.3. The lowest BCUT2D eigenvalue weighted by Gasteiger charge is -2.11. The van der Waals surface area contributed by atoms with Gasteiger partial charge in [-0.15, -0.1) is 5.10 Å². The highest BCUT2D eigenvalue weighted by Gasteiger charge is 2.06. The summed E-state index contributed by atoms with van der Waals surface area (Å²) < 4.78 is 10.5. The monoisotopic (exact) mass is 332 g/mol. The van der Waals surface area contributed by atoms with E-state index >= 15 is 0 Å². The minimum absolute atomic E-state index is 0.417. The number of methoxy groups -OCH3 is 2. The van der Waals surface area contributed by atoms with Gasteiger partial charge in [0, 0.05) is 18.3 Å². The molecule has 0 amide bonds. The fraction of sp³-hybridized carbons (Fsp3) is 0.438. The molecule has 1 heterocycles. The minimum atomic E-state index is 0.417. The van der Waals surface area contributed by atoms with Crippen molar-refractivity contribution in [2.45, 2.75) is 6.42 Å². The zero-order chi connectivity index (χ0) is 17.4. The van der Waals surface area contributed by atoms with Gasteiger partial charge < -0.3 is 25.0 Å². The Morgan fingerprint density at radius 2 is 1.92 bits per heavy atom. The zero-order valence-electron chi connectivity index (χ0n) is 14.5. The average molecular weight is 332 g/mol. The lowest BCUT2D eigenvalue weighted by Crippen LogP contribution is -2.17. The number of hydrogen-bond acceptors (Lipinski definition) is 8. The van der Waals surface area contributed by atoms with E-state index in [4.69, 9.17) is 9.47 Å². The van der Waals surface area contributed by atoms with Gasteiger partial charge in [-0.05, 0) is 39.2 Å². The van der Waals surface area contributed by atoms with E-state index in [9.17, 15) is 0 Å². The maximum absolute atomic E-state index is 5.29. The van der Waals surface area contributed by atoms with Crippen LogP contribution in [0.25, 0.3) is 0 Å². The van der Waals surface area contributed by atoms with Crippen molar-refractivity contribution < 1.29 is 9.47 Å². The zero-order valence-corrected chi connectivity index (χ0v) is 14.5. The van der Waals surface area contributed by atoms with Crippen LogP contribution in [0.15, 0.2) is 24.4 Å². The van der Waals surface area contributed by atoms with Crippen molar-refractivity contribution >= 4 is 17.5 Å². The second-order valence-corrected chi connectivity index (χ2v) is 5.44. The molecule has 0 saturated carbocycles. The molecular formula is C16H24N6O2. The molecule has 0 spiro atoms. The van der Waals surface area contributed by atoms with Gasteiger partial charge in [0.05, 0.1) is 20.4 Å². The van der Waals surface area contributed by atoms with Crippen LogP contribution in [-0.4, -0.2) is 61.5 Å². The molecule has 8 nitrogen and oxygen atoms in total. The Morgan fingerprint density at radius 3 is 2.62 bits per heavy atom. The first-order chi connectivity index (χ1) is 11.6. The van der Waals surface area contributed by atoms with E-state index in [1.54, 1.807) is 20.4 Å². The van der Waals surface area contributed by atoms with E-state index in [0.29, 0.717) is 23.3 Å². The number of rotatable bonds is 9. The Kier molecular flexibility index (Phi) is 6.56. The summed E-state index contributed by atoms with van der Waals surface area (Å²) in [6.07, 6.45) is 2.63. The molecule has 2 aromatic rings. The number of ether oxygens (including phenoxy) is 2. The van der Waals surface area contributed by atoms with Gasteiger partial charge in [-0.1, -0.05) is 0 Å². The molecule has 2 N–H and O–H groups in total. The third-order valence-corrected chi connectivity index (χ3v) is 3.29. The van der Waals surface area contributed by atoms with Gasteiger partial charge in [0.1, 0.15) is 0 Å². The summed E-state index contributed by atoms with van der Waals surface area (Å²) in [5.41, 5.74) is 0.791. The average Bonchev–Trinajstić information content (AvgIpc) is 2.59. The SMILES string of the molecule is COc1ccc(Nc2nncc(NCCCN(C)C)n2)cc1OC. The van der Waals surface area contributed by atoms with Gasteiger partial charge >= 0.3 is 0 Å². The highest BCUT2D eigenvalue weighted by molar-refractivity contribution is 5.60. The van der Waals surface area contributed by atoms with Gasteiger partial charge in [0.15, 0.2) is 17.3 Å². The molecule has 0 unspecified atom stereocenters. The molecule has 2 rings (SSSR count). The van der Waals surface area contributed by atoms with Crippen molar-refractivity contribution in [3.05, 3.63) is 24.4 Å². The molecule has 8 heteroatoms. The minimum Gasteiger partial charge on any atom is -0.493 e. The van der Waals surface area contributed by atoms with E-state index in [-0.39, 0.29) is 0 Å². The largest absolute Gasteiger partial charge is 0.493 e. The summed E-state index contributed by atoms with van der Waals surface area (Å²) >= 11 is 0. The van der Waals surface area contributed by atoms with Gasteiger partial charge in [0.2, 0.25) is 5.95 Å². The number of nitrogens with one attached hydrogen (secondary N) is 2. The molecule has 0 aliphatic heterocycles. The van der Waals surface area contributed by atoms with E-state index < -0.39 is 0 Å². The Hall–Kier alpha value is -2.61. The lowest BCUT2D eigenvalue weighted by molar-refractivity contribution is 0.355. The molecule has 24 heavy (non-hydrogen) atoms. The first-order valence-electron chi connectivity index (χ1n) is 7.69. The number of aromatic nitrogens is 3. The van der Waals surface area contributed by atoms with Crippen LogP contribution in [0, 0.1) is 0 Å². The van der Waals surface area contributed by atoms with Crippen LogP contribution in [0.3, 0.4) is 0 Å². The van der Waals surface area contributed by atoms with Gasteiger partial charge in [-0.25, -0.2) is 0 Å². The fourth-order valence-electron chi connectivity index (χ4n) is 2.10. The van der Waals surface area contributed by atoms with E-state index in [2.05, 4.69) is 44.8 Å². The van der Waals surface area contributed by atoms with Crippen molar-refractivity contribution in [3.63, 3.8) is 0 Å². The molecule has 0 aliphatic rings. The van der Waals surface area contributed by atoms with Crippen LogP contribution in [0.2, 0.25) is 0 Å². The van der Waals surface area contributed by atoms with E-state index in [0.717, 1.165) is 25.2 Å². The predicted octanol–water partition coefficient (Wildman–Crippen LogP) is 2.00. The Morgan fingerprint density at radius 1 is 1.12 bits per heavy atom. The molecule has 0 aliphatic carbocycles. The number of benzene rings is 1. The third kappa shape index (κ3) is 5.24. The molecule has 0 saturated heterocycles. The van der Waals surface area contributed by atoms with Crippen molar-refractivity contribution in [3.8, 4) is 11.5 Å². The molecular weight excluding hydrogens is 308 g/mol. The Balaban J connectivity index is 1.99. The fourth-order valence-corrected chi connectivity index (χ4v) is 2.10. The van der Waals surface area contributed by atoms with E-state index in [1.165, 1.54) is 0 Å². The topological polar surface area (TPSA) is 84.4 Å². The quantitative estimate of drug-likeness (QED) is 0.675. The molecule has 1 aromatic heterocycles. The summed E-state index contributed by atoms with van der Waals surface area (Å²) in [7, 11) is 7.30. The number of anilines is 3. The number of nitrogens with zero attached hydrogens (tertiary/aromatic N) is 4. The van der Waals surface area contributed by atoms with Crippen LogP contribution < -0.4 is 20.1 Å². The van der Waals surface area contributed by atoms with Crippen molar-refractivity contribution in [1.82, 2.24) is 20.1 Å². The van der Waals surface area contributed by atoms with Crippen LogP contribution in [0.1, 0.15) is 6.42 Å². The Bertz CT molecular complexity index is 650. The van der Waals surface area contributed by atoms with Crippen molar-refractivity contribution in [1.29, 1.82) is 0 Å². The molecule has 0 fully saturated rings. The predicted molar refractivity (Wildman–Crippen MR) is 94.3 cm³/mol. The first kappa shape index (κ1) is 17.7. The van der Waals surface area contributed by atoms with Crippen molar-refractivity contribution in [2.75, 3.05) is 52.0 Å². The Labute approximate surface area is 142 Å². The van der Waals surface area contributed by atoms with Crippen LogP contribution in [0.4, 0.5) is 17.5 Å². The van der Waals surface area contributed by atoms with Crippen LogP contribution >= 0.6 is 0 Å². The molecule has 0 radical (unpaired) electrons. The second kappa shape index (κ2) is 8.88. The van der Waals surface area contributed by atoms with Crippen LogP contribution in [0.5, 0.6) is 11.5 Å². The second-order valence-electron chi connectivity index (χ2n) is 5.44. The summed E-state index contributed by atoms with van der Waals surface area (Å²) in [5.74, 6) is 2.40. The van der Waals surface area contributed by atoms with E-state index in [1.807, 2.05) is 18.2 Å². The smallest absolute Gasteiger partial charge is 0.249 e. The number of hydrogen-bond donors (Lipinski definition) is 2. The van der Waals surface area contributed by atoms with Crippen molar-refractivity contribution in [2.24, 2.45) is 0 Å². The normalized spacial score (nSPS) is 10.5. The van der Waals surface area contributed by atoms with Gasteiger partial charge in [-0.3, -0.25) is 0 Å². The maximum Gasteiger partial charge on any atom is 0.249 e. The van der Waals surface area contributed by atoms with Crippen LogP contribution in [-0.2, 0) is 0 Å². The highest BCUT2D eigenvalue weighted by Crippen LogP contribution is 2.30. The summed E-state index contributed by atoms with van der Waals surface area (Å²) in [6.45, 7) is 1.84. The summed E-state index contributed by atoms with van der Waals surface area (Å²) in [4.78, 5) is 6.54. The summed E-state index contributed by atoms with van der Waals surface area (Å²) in [5, 5.41) is 14.3. The van der Waals surface area contributed by atoms with Gasteiger partial charge in [-0.2, -0.15) is 10.1 Å². The van der Waals surface area contributed by atoms with Gasteiger partial charge in [0.25, 0.3) is 0 Å². The maximum atomic E-state index is 5.29. The molecule has 0 bridgehead atoms. The first-order valence-corrected chi connectivity index (χ1v) is 7.69. The summed E-state index contributed by atoms with van der Waals surface area (Å²) in [6, 6.07) is 5.50. The standard InChI is InChI=1S/C16H24N6O2/c1-22(2)9-5-8-17-15-11-18-21-16(20-15)19-12-6-7-13(23-3)14(10-12)24-4/h6-7,10-11H,5,8-9H2,1-4H3,(H2,17,19,20,21). The molecule has 130 valence electrons.